The number of aliphatic carboxylic acids is 1. The minimum atomic E-state index is -1.23. The van der Waals surface area contributed by atoms with Crippen molar-refractivity contribution in [1.82, 2.24) is 10.6 Å². The first kappa shape index (κ1) is 21.8. The van der Waals surface area contributed by atoms with E-state index in [0.29, 0.717) is 0 Å². The van der Waals surface area contributed by atoms with Gasteiger partial charge in [-0.2, -0.15) is 0 Å². The first-order chi connectivity index (χ1) is 15.5. The minimum Gasteiger partial charge on any atom is -0.480 e. The van der Waals surface area contributed by atoms with Crippen LogP contribution in [0.5, 0.6) is 0 Å². The number of benzene rings is 2. The molecule has 0 radical (unpaired) electrons. The van der Waals surface area contributed by atoms with Crippen LogP contribution < -0.4 is 10.6 Å². The number of fused-ring (bicyclic) bond motifs is 3. The number of amides is 2. The summed E-state index contributed by atoms with van der Waals surface area (Å²) in [6, 6.07) is 13.9. The van der Waals surface area contributed by atoms with Crippen LogP contribution in [0, 0.1) is 5.92 Å². The molecule has 2 aromatic rings. The summed E-state index contributed by atoms with van der Waals surface area (Å²) in [6.07, 6.45) is 0.704. The van der Waals surface area contributed by atoms with E-state index in [9.17, 15) is 19.5 Å². The van der Waals surface area contributed by atoms with Gasteiger partial charge in [0.05, 0.1) is 0 Å². The molecule has 0 spiro atoms. The highest BCUT2D eigenvalue weighted by Crippen LogP contribution is 2.44. The Morgan fingerprint density at radius 3 is 2.09 bits per heavy atom. The lowest BCUT2D eigenvalue weighted by Crippen LogP contribution is -2.53. The molecule has 2 atom stereocenters. The van der Waals surface area contributed by atoms with Crippen molar-refractivity contribution in [2.75, 3.05) is 13.2 Å². The zero-order valence-electron chi connectivity index (χ0n) is 17.5. The maximum Gasteiger partial charge on any atom is 0.407 e. The molecule has 1 fully saturated rings. The first-order valence-electron chi connectivity index (χ1n) is 10.7. The maximum atomic E-state index is 12.6. The summed E-state index contributed by atoms with van der Waals surface area (Å²) >= 11 is 0. The highest BCUT2D eigenvalue weighted by molar-refractivity contribution is 5.89. The second-order valence-electron chi connectivity index (χ2n) is 8.20. The first-order valence-corrected chi connectivity index (χ1v) is 10.7. The monoisotopic (exact) mass is 438 g/mol. The summed E-state index contributed by atoms with van der Waals surface area (Å²) in [5, 5.41) is 23.2. The van der Waals surface area contributed by atoms with Crippen LogP contribution in [0.15, 0.2) is 48.5 Å². The van der Waals surface area contributed by atoms with E-state index in [-0.39, 0.29) is 31.5 Å². The van der Waals surface area contributed by atoms with Crippen LogP contribution in [0.3, 0.4) is 0 Å². The molecule has 2 aliphatic carbocycles. The molecule has 8 heteroatoms. The lowest BCUT2D eigenvalue weighted by Gasteiger charge is -2.21. The SMILES string of the molecule is O=C(NC(C(=O)NC(CCO)C(=O)O)C1CC1)OCC1c2ccccc2-c2ccccc21. The van der Waals surface area contributed by atoms with E-state index < -0.39 is 30.1 Å². The van der Waals surface area contributed by atoms with E-state index in [1.807, 2.05) is 48.5 Å². The fourth-order valence-electron chi connectivity index (χ4n) is 4.24. The van der Waals surface area contributed by atoms with Crippen molar-refractivity contribution in [2.45, 2.75) is 37.3 Å². The lowest BCUT2D eigenvalue weighted by atomic mass is 9.98. The van der Waals surface area contributed by atoms with Gasteiger partial charge in [0.25, 0.3) is 0 Å². The van der Waals surface area contributed by atoms with Gasteiger partial charge in [0.1, 0.15) is 18.7 Å². The van der Waals surface area contributed by atoms with E-state index in [4.69, 9.17) is 9.84 Å². The van der Waals surface area contributed by atoms with Crippen molar-refractivity contribution in [3.05, 3.63) is 59.7 Å². The van der Waals surface area contributed by atoms with Crippen molar-refractivity contribution in [3.63, 3.8) is 0 Å². The topological polar surface area (TPSA) is 125 Å². The van der Waals surface area contributed by atoms with Gasteiger partial charge in [-0.1, -0.05) is 48.5 Å². The number of aliphatic hydroxyl groups excluding tert-OH is 1. The van der Waals surface area contributed by atoms with Crippen LogP contribution in [-0.2, 0) is 14.3 Å². The normalized spacial score (nSPS) is 16.4. The largest absolute Gasteiger partial charge is 0.480 e. The van der Waals surface area contributed by atoms with Crippen LogP contribution in [0.4, 0.5) is 4.79 Å². The standard InChI is InChI=1S/C24H26N2O6/c27-12-11-20(23(29)30)25-22(28)21(14-9-10-14)26-24(31)32-13-19-17-7-3-1-5-15(17)16-6-2-4-8-18(16)19/h1-8,14,19-21,27H,9-13H2,(H,25,28)(H,26,31)(H,29,30). The van der Waals surface area contributed by atoms with Gasteiger partial charge in [0.2, 0.25) is 5.91 Å². The second kappa shape index (κ2) is 9.40. The predicted molar refractivity (Wildman–Crippen MR) is 116 cm³/mol. The third kappa shape index (κ3) is 4.60. The summed E-state index contributed by atoms with van der Waals surface area (Å²) in [5.74, 6) is -1.97. The van der Waals surface area contributed by atoms with E-state index in [1.165, 1.54) is 0 Å². The number of carboxylic acids is 1. The van der Waals surface area contributed by atoms with Gasteiger partial charge in [-0.3, -0.25) is 4.79 Å². The summed E-state index contributed by atoms with van der Waals surface area (Å²) in [6.45, 7) is -0.244. The van der Waals surface area contributed by atoms with Crippen LogP contribution >= 0.6 is 0 Å². The highest BCUT2D eigenvalue weighted by atomic mass is 16.5. The molecule has 168 valence electrons. The van der Waals surface area contributed by atoms with E-state index in [2.05, 4.69) is 10.6 Å². The Labute approximate surface area is 185 Å². The summed E-state index contributed by atoms with van der Waals surface area (Å²) in [5.41, 5.74) is 4.42. The third-order valence-corrected chi connectivity index (χ3v) is 6.03. The van der Waals surface area contributed by atoms with Crippen LogP contribution in [-0.4, -0.2) is 53.5 Å². The Balaban J connectivity index is 1.40. The van der Waals surface area contributed by atoms with Crippen molar-refractivity contribution < 1.29 is 29.3 Å². The van der Waals surface area contributed by atoms with Gasteiger partial charge in [-0.05, 0) is 41.0 Å². The smallest absolute Gasteiger partial charge is 0.407 e. The van der Waals surface area contributed by atoms with Gasteiger partial charge >= 0.3 is 12.1 Å². The zero-order valence-corrected chi connectivity index (χ0v) is 17.5. The number of hydrogen-bond acceptors (Lipinski definition) is 5. The molecular weight excluding hydrogens is 412 g/mol. The minimum absolute atomic E-state index is 0.0564. The van der Waals surface area contributed by atoms with Crippen LogP contribution in [0.25, 0.3) is 11.1 Å². The van der Waals surface area contributed by atoms with Crippen molar-refractivity contribution >= 4 is 18.0 Å². The molecule has 0 aromatic heterocycles. The number of rotatable bonds is 9. The number of ether oxygens (including phenoxy) is 1. The second-order valence-corrected chi connectivity index (χ2v) is 8.20. The number of hydrogen-bond donors (Lipinski definition) is 4. The molecule has 4 N–H and O–H groups in total. The molecule has 32 heavy (non-hydrogen) atoms. The quantitative estimate of drug-likeness (QED) is 0.476. The van der Waals surface area contributed by atoms with Crippen LogP contribution in [0.2, 0.25) is 0 Å². The summed E-state index contributed by atoms with van der Waals surface area (Å²) < 4.78 is 5.51. The zero-order chi connectivity index (χ0) is 22.7. The number of carboxylic acid groups (broad SMARTS) is 1. The van der Waals surface area contributed by atoms with Gasteiger partial charge in [0, 0.05) is 18.9 Å². The fourth-order valence-corrected chi connectivity index (χ4v) is 4.24. The summed E-state index contributed by atoms with van der Waals surface area (Å²) in [7, 11) is 0. The molecule has 8 nitrogen and oxygen atoms in total. The molecule has 2 aliphatic rings. The molecule has 4 rings (SSSR count). The maximum absolute atomic E-state index is 12.6. The molecule has 0 heterocycles. The number of aliphatic hydroxyl groups is 1. The summed E-state index contributed by atoms with van der Waals surface area (Å²) in [4.78, 5) is 36.4. The van der Waals surface area contributed by atoms with Crippen molar-refractivity contribution in [2.24, 2.45) is 5.92 Å². The molecule has 2 aromatic carbocycles. The Bertz CT molecular complexity index is 974. The van der Waals surface area contributed by atoms with Crippen molar-refractivity contribution in [1.29, 1.82) is 0 Å². The number of nitrogens with one attached hydrogen (secondary N) is 2. The Morgan fingerprint density at radius 1 is 0.969 bits per heavy atom. The molecule has 0 aliphatic heterocycles. The van der Waals surface area contributed by atoms with E-state index in [1.54, 1.807) is 0 Å². The molecular formula is C24H26N2O6. The molecule has 1 saturated carbocycles. The average Bonchev–Trinajstić information content (AvgIpc) is 3.58. The number of carbonyl (C=O) groups excluding carboxylic acids is 2. The molecule has 2 amide bonds. The molecule has 0 bridgehead atoms. The third-order valence-electron chi connectivity index (χ3n) is 6.03. The Hall–Kier alpha value is -3.39. The highest BCUT2D eigenvalue weighted by Gasteiger charge is 2.39. The number of alkyl carbamates (subject to hydrolysis) is 1. The van der Waals surface area contributed by atoms with E-state index in [0.717, 1.165) is 35.1 Å². The van der Waals surface area contributed by atoms with Crippen molar-refractivity contribution in [3.8, 4) is 11.1 Å². The lowest BCUT2D eigenvalue weighted by molar-refractivity contribution is -0.142. The Morgan fingerprint density at radius 2 is 1.56 bits per heavy atom. The average molecular weight is 438 g/mol. The predicted octanol–water partition coefficient (Wildman–Crippen LogP) is 2.26. The molecule has 0 saturated heterocycles. The van der Waals surface area contributed by atoms with Crippen LogP contribution in [0.1, 0.15) is 36.3 Å². The fraction of sp³-hybridized carbons (Fsp3) is 0.375. The molecule has 2 unspecified atom stereocenters. The van der Waals surface area contributed by atoms with Gasteiger partial charge < -0.3 is 25.6 Å². The van der Waals surface area contributed by atoms with Gasteiger partial charge in [-0.25, -0.2) is 9.59 Å². The van der Waals surface area contributed by atoms with Gasteiger partial charge in [0.15, 0.2) is 0 Å². The number of carbonyl (C=O) groups is 3. The Kier molecular flexibility index (Phi) is 6.41. The van der Waals surface area contributed by atoms with E-state index >= 15 is 0 Å². The van der Waals surface area contributed by atoms with Gasteiger partial charge in [-0.15, -0.1) is 0 Å².